The van der Waals surface area contributed by atoms with E-state index in [1.165, 1.54) is 0 Å². The van der Waals surface area contributed by atoms with Crippen LogP contribution in [-0.4, -0.2) is 43.4 Å². The number of aliphatic hydroxyl groups excluding tert-OH is 1. The molecule has 2 heterocycles. The number of hydrogen-bond donors (Lipinski definition) is 1. The molecule has 2 rings (SSSR count). The van der Waals surface area contributed by atoms with Crippen molar-refractivity contribution in [2.24, 2.45) is 5.92 Å². The van der Waals surface area contributed by atoms with Crippen molar-refractivity contribution in [3.8, 4) is 0 Å². The monoisotopic (exact) mass is 174 g/mol. The van der Waals surface area contributed by atoms with Crippen molar-refractivity contribution in [1.82, 2.24) is 0 Å². The van der Waals surface area contributed by atoms with E-state index in [-0.39, 0.29) is 24.4 Å². The number of aliphatic hydroxyl groups is 1. The number of hydrogen-bond acceptors (Lipinski definition) is 4. The van der Waals surface area contributed by atoms with E-state index in [9.17, 15) is 5.11 Å². The topological polar surface area (TPSA) is 47.9 Å². The fourth-order valence-electron chi connectivity index (χ4n) is 1.86. The Morgan fingerprint density at radius 2 is 2.25 bits per heavy atom. The first-order valence-corrected chi connectivity index (χ1v) is 4.22. The summed E-state index contributed by atoms with van der Waals surface area (Å²) in [6, 6.07) is 0. The Balaban J connectivity index is 2.14. The lowest BCUT2D eigenvalue weighted by atomic mass is 9.94. The largest absolute Gasteiger partial charge is 0.390 e. The van der Waals surface area contributed by atoms with Gasteiger partial charge in [0.25, 0.3) is 0 Å². The molecule has 0 unspecified atom stereocenters. The van der Waals surface area contributed by atoms with Crippen molar-refractivity contribution in [3.05, 3.63) is 0 Å². The van der Waals surface area contributed by atoms with Crippen molar-refractivity contribution in [1.29, 1.82) is 0 Å². The van der Waals surface area contributed by atoms with Crippen LogP contribution < -0.4 is 0 Å². The summed E-state index contributed by atoms with van der Waals surface area (Å²) in [4.78, 5) is 0. The maximum absolute atomic E-state index is 9.73. The molecule has 0 amide bonds. The van der Waals surface area contributed by atoms with Gasteiger partial charge in [0.05, 0.1) is 12.7 Å². The molecule has 2 aliphatic heterocycles. The minimum atomic E-state index is -0.471. The van der Waals surface area contributed by atoms with E-state index in [1.807, 2.05) is 6.92 Å². The van der Waals surface area contributed by atoms with Gasteiger partial charge in [0.1, 0.15) is 12.2 Å². The number of rotatable bonds is 1. The van der Waals surface area contributed by atoms with Gasteiger partial charge < -0.3 is 19.3 Å². The molecule has 12 heavy (non-hydrogen) atoms. The molecule has 2 bridgehead atoms. The van der Waals surface area contributed by atoms with Crippen molar-refractivity contribution >= 4 is 0 Å². The Hall–Kier alpha value is -0.160. The number of fused-ring (bicyclic) bond motifs is 2. The highest BCUT2D eigenvalue weighted by atomic mass is 16.7. The van der Waals surface area contributed by atoms with Crippen LogP contribution in [0.3, 0.4) is 0 Å². The highest BCUT2D eigenvalue weighted by Crippen LogP contribution is 2.33. The fraction of sp³-hybridized carbons (Fsp3) is 1.00. The van der Waals surface area contributed by atoms with Crippen LogP contribution in [0.5, 0.6) is 0 Å². The Kier molecular flexibility index (Phi) is 2.08. The summed E-state index contributed by atoms with van der Waals surface area (Å²) in [5.41, 5.74) is 0. The Morgan fingerprint density at radius 1 is 1.50 bits per heavy atom. The van der Waals surface area contributed by atoms with Crippen LogP contribution in [0.1, 0.15) is 6.92 Å². The van der Waals surface area contributed by atoms with E-state index in [0.29, 0.717) is 6.61 Å². The van der Waals surface area contributed by atoms with Gasteiger partial charge in [0, 0.05) is 13.0 Å². The summed E-state index contributed by atoms with van der Waals surface area (Å²) >= 11 is 0. The fourth-order valence-corrected chi connectivity index (χ4v) is 1.86. The van der Waals surface area contributed by atoms with Gasteiger partial charge in [-0.1, -0.05) is 6.92 Å². The first-order valence-electron chi connectivity index (χ1n) is 4.22. The molecule has 4 heteroatoms. The third kappa shape index (κ3) is 1.07. The van der Waals surface area contributed by atoms with E-state index in [4.69, 9.17) is 14.2 Å². The zero-order valence-corrected chi connectivity index (χ0v) is 7.27. The average molecular weight is 174 g/mol. The molecule has 0 saturated carbocycles. The first-order chi connectivity index (χ1) is 5.74. The lowest BCUT2D eigenvalue weighted by molar-refractivity contribution is -0.205. The van der Waals surface area contributed by atoms with Crippen molar-refractivity contribution in [3.63, 3.8) is 0 Å². The van der Waals surface area contributed by atoms with E-state index >= 15 is 0 Å². The minimum Gasteiger partial charge on any atom is -0.390 e. The van der Waals surface area contributed by atoms with E-state index in [0.717, 1.165) is 0 Å². The van der Waals surface area contributed by atoms with Crippen molar-refractivity contribution < 1.29 is 19.3 Å². The van der Waals surface area contributed by atoms with Crippen LogP contribution >= 0.6 is 0 Å². The van der Waals surface area contributed by atoms with Crippen LogP contribution in [0, 0.1) is 5.92 Å². The summed E-state index contributed by atoms with van der Waals surface area (Å²) in [5.74, 6) is -0.00583. The van der Waals surface area contributed by atoms with Crippen LogP contribution in [0.15, 0.2) is 0 Å². The Bertz CT molecular complexity index is 172. The Morgan fingerprint density at radius 3 is 2.92 bits per heavy atom. The predicted molar refractivity (Wildman–Crippen MR) is 40.6 cm³/mol. The summed E-state index contributed by atoms with van der Waals surface area (Å²) in [7, 11) is 1.59. The molecular formula is C8H14O4. The van der Waals surface area contributed by atoms with Gasteiger partial charge in [0.15, 0.2) is 6.29 Å². The lowest BCUT2D eigenvalue weighted by Crippen LogP contribution is -2.50. The van der Waals surface area contributed by atoms with Crippen molar-refractivity contribution in [2.75, 3.05) is 13.7 Å². The number of methoxy groups -OCH3 is 1. The molecule has 0 aromatic rings. The van der Waals surface area contributed by atoms with E-state index < -0.39 is 6.10 Å². The quantitative estimate of drug-likeness (QED) is 0.595. The molecule has 2 aliphatic rings. The molecule has 4 nitrogen and oxygen atoms in total. The number of ether oxygens (including phenoxy) is 3. The minimum absolute atomic E-state index is 0.00583. The van der Waals surface area contributed by atoms with Crippen LogP contribution in [0.25, 0.3) is 0 Å². The highest BCUT2D eigenvalue weighted by molar-refractivity contribution is 4.91. The third-order valence-electron chi connectivity index (χ3n) is 2.68. The molecule has 1 N–H and O–H groups in total. The second kappa shape index (κ2) is 2.96. The van der Waals surface area contributed by atoms with Crippen LogP contribution in [-0.2, 0) is 14.2 Å². The standard InChI is InChI=1S/C8H14O4/c1-4-6(9)7(10-2)5-3-11-8(4)12-5/h4-9H,3H2,1-2H3/t4-,5+,6+,7+,8+/m0/s1. The zero-order valence-electron chi connectivity index (χ0n) is 7.27. The molecule has 2 fully saturated rings. The van der Waals surface area contributed by atoms with Gasteiger partial charge in [-0.25, -0.2) is 0 Å². The molecule has 2 saturated heterocycles. The van der Waals surface area contributed by atoms with Crippen LogP contribution in [0.2, 0.25) is 0 Å². The summed E-state index contributed by atoms with van der Waals surface area (Å²) in [6.45, 7) is 2.44. The molecular weight excluding hydrogens is 160 g/mol. The van der Waals surface area contributed by atoms with E-state index in [1.54, 1.807) is 7.11 Å². The predicted octanol–water partition coefficient (Wildman–Crippen LogP) is -0.247. The average Bonchev–Trinajstić information content (AvgIpc) is 2.49. The molecule has 0 aliphatic carbocycles. The second-order valence-corrected chi connectivity index (χ2v) is 3.43. The smallest absolute Gasteiger partial charge is 0.163 e. The molecule has 5 atom stereocenters. The highest BCUT2D eigenvalue weighted by Gasteiger charge is 2.48. The SMILES string of the molecule is CO[C@H]1[C@H](O)[C@H](C)[C@@H]2OC[C@H]1O2. The van der Waals surface area contributed by atoms with Gasteiger partial charge in [-0.05, 0) is 0 Å². The second-order valence-electron chi connectivity index (χ2n) is 3.43. The van der Waals surface area contributed by atoms with Crippen molar-refractivity contribution in [2.45, 2.75) is 31.5 Å². The normalized spacial score (nSPS) is 52.8. The first kappa shape index (κ1) is 8.44. The molecule has 0 aromatic carbocycles. The summed E-state index contributed by atoms with van der Waals surface area (Å²) in [5, 5.41) is 9.73. The van der Waals surface area contributed by atoms with Gasteiger partial charge >= 0.3 is 0 Å². The Labute approximate surface area is 71.4 Å². The van der Waals surface area contributed by atoms with E-state index in [2.05, 4.69) is 0 Å². The van der Waals surface area contributed by atoms with Gasteiger partial charge in [0.2, 0.25) is 0 Å². The molecule has 0 spiro atoms. The molecule has 0 radical (unpaired) electrons. The maximum atomic E-state index is 9.73. The van der Waals surface area contributed by atoms with Crippen LogP contribution in [0.4, 0.5) is 0 Å². The third-order valence-corrected chi connectivity index (χ3v) is 2.68. The molecule has 0 aromatic heterocycles. The van der Waals surface area contributed by atoms with Gasteiger partial charge in [-0.3, -0.25) is 0 Å². The lowest BCUT2D eigenvalue weighted by Gasteiger charge is -2.35. The molecule has 70 valence electrons. The van der Waals surface area contributed by atoms with Gasteiger partial charge in [-0.15, -0.1) is 0 Å². The summed E-state index contributed by atoms with van der Waals surface area (Å²) in [6.07, 6.45) is -1.04. The van der Waals surface area contributed by atoms with Gasteiger partial charge in [-0.2, -0.15) is 0 Å². The summed E-state index contributed by atoms with van der Waals surface area (Å²) < 4.78 is 16.0. The zero-order chi connectivity index (χ0) is 8.72. The maximum Gasteiger partial charge on any atom is 0.163 e.